The van der Waals surface area contributed by atoms with Gasteiger partial charge in [0, 0.05) is 0 Å². The van der Waals surface area contributed by atoms with Gasteiger partial charge in [-0.25, -0.2) is 0 Å². The SMILES string of the molecule is CCCCCCCCCCCCCCCC[N+](CC)(CC)CCCCCCCCCCCCCCCC.[OH-]. The average molecular weight is 540 g/mol. The molecule has 0 saturated heterocycles. The number of nitrogens with zero attached hydrogens (tertiary/aromatic N) is 1. The molecule has 1 N–H and O–H groups in total. The van der Waals surface area contributed by atoms with E-state index in [4.69, 9.17) is 0 Å². The van der Waals surface area contributed by atoms with E-state index in [1.807, 2.05) is 0 Å². The van der Waals surface area contributed by atoms with E-state index in [1.54, 1.807) is 0 Å². The monoisotopic (exact) mass is 540 g/mol. The van der Waals surface area contributed by atoms with E-state index in [2.05, 4.69) is 27.7 Å². The number of hydrogen-bond donors (Lipinski definition) is 0. The Hall–Kier alpha value is -0.0800. The van der Waals surface area contributed by atoms with Crippen molar-refractivity contribution in [3.8, 4) is 0 Å². The van der Waals surface area contributed by atoms with Crippen molar-refractivity contribution in [2.45, 2.75) is 207 Å². The van der Waals surface area contributed by atoms with Crippen molar-refractivity contribution in [1.82, 2.24) is 0 Å². The molecule has 0 aromatic carbocycles. The van der Waals surface area contributed by atoms with Crippen LogP contribution in [0.4, 0.5) is 0 Å². The Labute approximate surface area is 243 Å². The molecule has 0 spiro atoms. The predicted octanol–water partition coefficient (Wildman–Crippen LogP) is 12.6. The zero-order valence-electron chi connectivity index (χ0n) is 27.5. The molecule has 0 unspecified atom stereocenters. The standard InChI is InChI=1S/C36H76N.H2O/c1-5-9-11-13-15-17-19-21-23-25-27-29-31-33-35-37(7-3,8-4)36-34-32-30-28-26-24-22-20-18-16-14-12-10-6-2;/h5-36H2,1-4H3;1H2/q+1;/p-1. The second-order valence-electron chi connectivity index (χ2n) is 12.6. The third kappa shape index (κ3) is 27.5. The van der Waals surface area contributed by atoms with Crippen molar-refractivity contribution in [1.29, 1.82) is 0 Å². The summed E-state index contributed by atoms with van der Waals surface area (Å²) in [6, 6.07) is 0. The van der Waals surface area contributed by atoms with Gasteiger partial charge in [0.15, 0.2) is 0 Å². The highest BCUT2D eigenvalue weighted by Crippen LogP contribution is 2.17. The number of hydrogen-bond acceptors (Lipinski definition) is 1. The zero-order chi connectivity index (χ0) is 27.1. The fraction of sp³-hybridized carbons (Fsp3) is 1.00. The van der Waals surface area contributed by atoms with Gasteiger partial charge in [0.2, 0.25) is 0 Å². The zero-order valence-corrected chi connectivity index (χ0v) is 27.5. The molecule has 0 amide bonds. The maximum Gasteiger partial charge on any atom is 0.0786 e. The molecule has 2 nitrogen and oxygen atoms in total. The highest BCUT2D eigenvalue weighted by molar-refractivity contribution is 4.52. The van der Waals surface area contributed by atoms with Crippen LogP contribution in [0.3, 0.4) is 0 Å². The van der Waals surface area contributed by atoms with Crippen molar-refractivity contribution >= 4 is 0 Å². The molecule has 0 bridgehead atoms. The lowest BCUT2D eigenvalue weighted by Crippen LogP contribution is -2.49. The van der Waals surface area contributed by atoms with E-state index in [0.717, 1.165) is 0 Å². The van der Waals surface area contributed by atoms with E-state index >= 15 is 0 Å². The molecule has 0 aliphatic carbocycles. The molecule has 0 rings (SSSR count). The summed E-state index contributed by atoms with van der Waals surface area (Å²) in [5.74, 6) is 0. The van der Waals surface area contributed by atoms with Gasteiger partial charge < -0.3 is 9.96 Å². The molecular formula is C36H77NO. The van der Waals surface area contributed by atoms with E-state index in [0.29, 0.717) is 0 Å². The molecular weight excluding hydrogens is 462 g/mol. The second-order valence-corrected chi connectivity index (χ2v) is 12.6. The lowest BCUT2D eigenvalue weighted by Gasteiger charge is -2.37. The van der Waals surface area contributed by atoms with E-state index in [-0.39, 0.29) is 5.48 Å². The molecule has 0 saturated carbocycles. The molecule has 2 heteroatoms. The third-order valence-electron chi connectivity index (χ3n) is 9.31. The van der Waals surface area contributed by atoms with E-state index in [9.17, 15) is 0 Å². The minimum atomic E-state index is 0. The molecule has 0 fully saturated rings. The van der Waals surface area contributed by atoms with Crippen LogP contribution in [-0.2, 0) is 0 Å². The molecule has 232 valence electrons. The van der Waals surface area contributed by atoms with Crippen LogP contribution in [0.15, 0.2) is 0 Å². The Morgan fingerprint density at radius 2 is 0.447 bits per heavy atom. The van der Waals surface area contributed by atoms with Gasteiger partial charge in [0.25, 0.3) is 0 Å². The van der Waals surface area contributed by atoms with Gasteiger partial charge in [-0.15, -0.1) is 0 Å². The Bertz CT molecular complexity index is 372. The number of unbranched alkanes of at least 4 members (excludes halogenated alkanes) is 26. The summed E-state index contributed by atoms with van der Waals surface area (Å²) < 4.78 is 1.39. The Balaban J connectivity index is 0. The Kier molecular flexibility index (Phi) is 34.9. The fourth-order valence-electron chi connectivity index (χ4n) is 6.25. The summed E-state index contributed by atoms with van der Waals surface area (Å²) in [5, 5.41) is 0. The van der Waals surface area contributed by atoms with Gasteiger partial charge in [0.1, 0.15) is 0 Å². The maximum atomic E-state index is 2.44. The lowest BCUT2D eigenvalue weighted by atomic mass is 10.0. The molecule has 0 aromatic heterocycles. The van der Waals surface area contributed by atoms with Crippen LogP contribution in [0.25, 0.3) is 0 Å². The van der Waals surface area contributed by atoms with Gasteiger partial charge in [0.05, 0.1) is 26.2 Å². The lowest BCUT2D eigenvalue weighted by molar-refractivity contribution is -0.925. The highest BCUT2D eigenvalue weighted by Gasteiger charge is 2.21. The van der Waals surface area contributed by atoms with Crippen molar-refractivity contribution in [2.75, 3.05) is 26.2 Å². The van der Waals surface area contributed by atoms with E-state index in [1.165, 1.54) is 210 Å². The topological polar surface area (TPSA) is 30.0 Å². The largest absolute Gasteiger partial charge is 0.870 e. The van der Waals surface area contributed by atoms with Crippen LogP contribution in [0.1, 0.15) is 207 Å². The quantitative estimate of drug-likeness (QED) is 0.0617. The Morgan fingerprint density at radius 1 is 0.263 bits per heavy atom. The van der Waals surface area contributed by atoms with Crippen molar-refractivity contribution in [3.63, 3.8) is 0 Å². The van der Waals surface area contributed by atoms with Crippen LogP contribution in [-0.4, -0.2) is 36.1 Å². The molecule has 0 aromatic rings. The summed E-state index contributed by atoms with van der Waals surface area (Å²) in [5.41, 5.74) is 0. The first-order valence-corrected chi connectivity index (χ1v) is 18.1. The minimum Gasteiger partial charge on any atom is -0.870 e. The first-order chi connectivity index (χ1) is 18.2. The van der Waals surface area contributed by atoms with Gasteiger partial charge in [-0.05, 0) is 39.5 Å². The summed E-state index contributed by atoms with van der Waals surface area (Å²) in [7, 11) is 0. The van der Waals surface area contributed by atoms with E-state index < -0.39 is 0 Å². The van der Waals surface area contributed by atoms with Crippen molar-refractivity contribution < 1.29 is 9.96 Å². The van der Waals surface area contributed by atoms with Crippen molar-refractivity contribution in [3.05, 3.63) is 0 Å². The predicted molar refractivity (Wildman–Crippen MR) is 174 cm³/mol. The highest BCUT2D eigenvalue weighted by atomic mass is 16.0. The minimum absolute atomic E-state index is 0. The van der Waals surface area contributed by atoms with Crippen LogP contribution in [0.5, 0.6) is 0 Å². The number of quaternary nitrogens is 1. The smallest absolute Gasteiger partial charge is 0.0786 e. The van der Waals surface area contributed by atoms with Crippen molar-refractivity contribution in [2.24, 2.45) is 0 Å². The van der Waals surface area contributed by atoms with Crippen LogP contribution in [0, 0.1) is 0 Å². The Morgan fingerprint density at radius 3 is 0.632 bits per heavy atom. The third-order valence-corrected chi connectivity index (χ3v) is 9.31. The van der Waals surface area contributed by atoms with Gasteiger partial charge in [-0.1, -0.05) is 168 Å². The summed E-state index contributed by atoms with van der Waals surface area (Å²) >= 11 is 0. The first kappa shape index (κ1) is 40.1. The van der Waals surface area contributed by atoms with Gasteiger partial charge in [-0.2, -0.15) is 0 Å². The average Bonchev–Trinajstić information content (AvgIpc) is 2.92. The van der Waals surface area contributed by atoms with Crippen LogP contribution < -0.4 is 0 Å². The molecule has 0 aliphatic heterocycles. The molecule has 38 heavy (non-hydrogen) atoms. The van der Waals surface area contributed by atoms with Gasteiger partial charge >= 0.3 is 0 Å². The first-order valence-electron chi connectivity index (χ1n) is 18.1. The molecule has 0 atom stereocenters. The van der Waals surface area contributed by atoms with Gasteiger partial charge in [-0.3, -0.25) is 0 Å². The summed E-state index contributed by atoms with van der Waals surface area (Å²) in [6.45, 7) is 15.1. The fourth-order valence-corrected chi connectivity index (χ4v) is 6.25. The molecule has 0 heterocycles. The second kappa shape index (κ2) is 33.1. The summed E-state index contributed by atoms with van der Waals surface area (Å²) in [6.07, 6.45) is 41.1. The van der Waals surface area contributed by atoms with Crippen LogP contribution >= 0.6 is 0 Å². The number of rotatable bonds is 32. The molecule has 0 aliphatic rings. The summed E-state index contributed by atoms with van der Waals surface area (Å²) in [4.78, 5) is 0. The van der Waals surface area contributed by atoms with Crippen LogP contribution in [0.2, 0.25) is 0 Å². The normalized spacial score (nSPS) is 11.7. The molecule has 0 radical (unpaired) electrons. The maximum absolute atomic E-state index is 2.44.